The van der Waals surface area contributed by atoms with Gasteiger partial charge in [-0.05, 0) is 19.1 Å². The molecule has 0 saturated carbocycles. The molecule has 0 saturated heterocycles. The van der Waals surface area contributed by atoms with Crippen LogP contribution in [0.4, 0.5) is 0 Å². The lowest BCUT2D eigenvalue weighted by atomic mass is 10.3. The van der Waals surface area contributed by atoms with Gasteiger partial charge in [0.2, 0.25) is 0 Å². The molecule has 1 atom stereocenters. The molecule has 0 N–H and O–H groups in total. The molecule has 0 aliphatic rings. The number of phosphoric acid groups is 1. The van der Waals surface area contributed by atoms with E-state index in [1.165, 1.54) is 0 Å². The Labute approximate surface area is 112 Å². The van der Waals surface area contributed by atoms with Crippen molar-refractivity contribution in [2.45, 2.75) is 13.8 Å². The Hall–Kier alpha value is -1.36. The Morgan fingerprint density at radius 3 is 2.42 bits per heavy atom. The number of hydrogen-bond donors (Lipinski definition) is 0. The lowest BCUT2D eigenvalue weighted by Crippen LogP contribution is -2.09. The molecule has 0 radical (unpaired) electrons. The molecule has 7 heteroatoms. The van der Waals surface area contributed by atoms with E-state index in [1.54, 1.807) is 19.1 Å². The second-order valence-electron chi connectivity index (χ2n) is 3.44. The lowest BCUT2D eigenvalue weighted by Gasteiger charge is -2.15. The van der Waals surface area contributed by atoms with Gasteiger partial charge in [0.15, 0.2) is 0 Å². The Morgan fingerprint density at radius 2 is 1.84 bits per heavy atom. The van der Waals surface area contributed by atoms with Crippen LogP contribution in [0.2, 0.25) is 0 Å². The second kappa shape index (κ2) is 7.94. The molecule has 0 spiro atoms. The van der Waals surface area contributed by atoms with Crippen molar-refractivity contribution in [3.63, 3.8) is 0 Å². The van der Waals surface area contributed by atoms with E-state index in [1.807, 2.05) is 18.2 Å². The van der Waals surface area contributed by atoms with E-state index in [0.29, 0.717) is 5.75 Å². The van der Waals surface area contributed by atoms with Crippen LogP contribution in [0.3, 0.4) is 0 Å². The lowest BCUT2D eigenvalue weighted by molar-refractivity contribution is -0.133. The van der Waals surface area contributed by atoms with Gasteiger partial charge in [-0.2, -0.15) is 0 Å². The molecule has 6 nitrogen and oxygen atoms in total. The highest BCUT2D eigenvalue weighted by Crippen LogP contribution is 2.49. The summed E-state index contributed by atoms with van der Waals surface area (Å²) in [5.74, 6) is -0.0504. The molecule has 0 aliphatic heterocycles. The molecule has 1 unspecified atom stereocenters. The molecule has 0 bridgehead atoms. The largest absolute Gasteiger partial charge is 0.532 e. The predicted octanol–water partition coefficient (Wildman–Crippen LogP) is 2.79. The number of benzene rings is 1. The number of rotatable bonds is 8. The molecule has 0 fully saturated rings. The SMILES string of the molecule is CCOP(=O)(OCCOc1ccccc1)OC(C)=O. The van der Waals surface area contributed by atoms with Gasteiger partial charge in [-0.25, -0.2) is 4.57 Å². The van der Waals surface area contributed by atoms with E-state index in [4.69, 9.17) is 13.8 Å². The molecule has 1 aromatic carbocycles. The fourth-order valence-electron chi connectivity index (χ4n) is 1.23. The normalized spacial score (nSPS) is 13.6. The molecule has 1 aromatic rings. The van der Waals surface area contributed by atoms with Gasteiger partial charge in [0.25, 0.3) is 0 Å². The van der Waals surface area contributed by atoms with Gasteiger partial charge in [-0.1, -0.05) is 18.2 Å². The van der Waals surface area contributed by atoms with Crippen molar-refractivity contribution >= 4 is 13.8 Å². The maximum atomic E-state index is 11.9. The second-order valence-corrected chi connectivity index (χ2v) is 5.04. The Balaban J connectivity index is 2.36. The maximum Gasteiger partial charge on any atom is 0.532 e. The van der Waals surface area contributed by atoms with Crippen LogP contribution in [0.25, 0.3) is 0 Å². The van der Waals surface area contributed by atoms with Crippen LogP contribution >= 0.6 is 7.82 Å². The quantitative estimate of drug-likeness (QED) is 0.541. The number of hydrogen-bond acceptors (Lipinski definition) is 6. The molecule has 0 amide bonds. The standard InChI is InChI=1S/C12H17O6P/c1-3-16-19(14,18-11(2)13)17-10-9-15-12-7-5-4-6-8-12/h4-8H,3,9-10H2,1-2H3. The average molecular weight is 288 g/mol. The van der Waals surface area contributed by atoms with Gasteiger partial charge in [0.05, 0.1) is 13.2 Å². The van der Waals surface area contributed by atoms with Crippen LogP contribution < -0.4 is 4.74 Å². The van der Waals surface area contributed by atoms with Crippen LogP contribution in [0.5, 0.6) is 5.75 Å². The van der Waals surface area contributed by atoms with Gasteiger partial charge < -0.3 is 9.26 Å². The topological polar surface area (TPSA) is 71.1 Å². The summed E-state index contributed by atoms with van der Waals surface area (Å²) in [5.41, 5.74) is 0. The first-order valence-corrected chi connectivity index (χ1v) is 7.29. The van der Waals surface area contributed by atoms with Crippen molar-refractivity contribution in [2.24, 2.45) is 0 Å². The van der Waals surface area contributed by atoms with Crippen molar-refractivity contribution in [3.8, 4) is 5.75 Å². The average Bonchev–Trinajstić information content (AvgIpc) is 2.35. The van der Waals surface area contributed by atoms with E-state index in [9.17, 15) is 9.36 Å². The third-order valence-corrected chi connectivity index (χ3v) is 3.43. The number of carbonyl (C=O) groups is 1. The van der Waals surface area contributed by atoms with Gasteiger partial charge in [-0.15, -0.1) is 0 Å². The summed E-state index contributed by atoms with van der Waals surface area (Å²) in [5, 5.41) is 0. The van der Waals surface area contributed by atoms with Gasteiger partial charge in [0.1, 0.15) is 12.4 Å². The molecule has 106 valence electrons. The number of carbonyl (C=O) groups excluding carboxylic acids is 1. The first-order valence-electron chi connectivity index (χ1n) is 5.83. The van der Waals surface area contributed by atoms with Crippen LogP contribution in [-0.4, -0.2) is 25.8 Å². The minimum absolute atomic E-state index is 0.0144. The van der Waals surface area contributed by atoms with Crippen LogP contribution in [0.15, 0.2) is 30.3 Å². The van der Waals surface area contributed by atoms with Crippen molar-refractivity contribution in [2.75, 3.05) is 19.8 Å². The Kier molecular flexibility index (Phi) is 6.56. The number of phosphoric ester groups is 1. The van der Waals surface area contributed by atoms with Crippen molar-refractivity contribution < 1.29 is 27.7 Å². The highest BCUT2D eigenvalue weighted by molar-refractivity contribution is 7.49. The maximum absolute atomic E-state index is 11.9. The number of para-hydroxylation sites is 1. The van der Waals surface area contributed by atoms with Gasteiger partial charge in [-0.3, -0.25) is 13.8 Å². The van der Waals surface area contributed by atoms with E-state index < -0.39 is 13.8 Å². The molecular formula is C12H17O6P. The summed E-state index contributed by atoms with van der Waals surface area (Å²) in [4.78, 5) is 10.8. The summed E-state index contributed by atoms with van der Waals surface area (Å²) in [6.07, 6.45) is 0. The van der Waals surface area contributed by atoms with E-state index >= 15 is 0 Å². The summed E-state index contributed by atoms with van der Waals surface area (Å²) in [7, 11) is -3.83. The monoisotopic (exact) mass is 288 g/mol. The van der Waals surface area contributed by atoms with E-state index in [-0.39, 0.29) is 19.8 Å². The third-order valence-electron chi connectivity index (χ3n) is 1.87. The minimum atomic E-state index is -3.83. The van der Waals surface area contributed by atoms with Crippen LogP contribution in [-0.2, 0) is 22.9 Å². The number of ether oxygens (including phenoxy) is 1. The first kappa shape index (κ1) is 15.7. The van der Waals surface area contributed by atoms with E-state index in [0.717, 1.165) is 6.92 Å². The molecule has 19 heavy (non-hydrogen) atoms. The van der Waals surface area contributed by atoms with Crippen LogP contribution in [0.1, 0.15) is 13.8 Å². The third kappa shape index (κ3) is 6.38. The molecule has 1 rings (SSSR count). The highest BCUT2D eigenvalue weighted by atomic mass is 31.2. The Morgan fingerprint density at radius 1 is 1.16 bits per heavy atom. The van der Waals surface area contributed by atoms with Gasteiger partial charge >= 0.3 is 13.8 Å². The molecule has 0 aliphatic carbocycles. The minimum Gasteiger partial charge on any atom is -0.491 e. The van der Waals surface area contributed by atoms with Crippen LogP contribution in [0, 0.1) is 0 Å². The molecular weight excluding hydrogens is 271 g/mol. The zero-order valence-corrected chi connectivity index (χ0v) is 11.8. The van der Waals surface area contributed by atoms with Crippen molar-refractivity contribution in [1.29, 1.82) is 0 Å². The zero-order chi connectivity index (χ0) is 14.1. The summed E-state index contributed by atoms with van der Waals surface area (Å²) in [6, 6.07) is 9.11. The predicted molar refractivity (Wildman–Crippen MR) is 68.9 cm³/mol. The molecule has 0 heterocycles. The Bertz CT molecular complexity index is 433. The first-order chi connectivity index (χ1) is 9.06. The summed E-state index contributed by atoms with van der Waals surface area (Å²) < 4.78 is 31.6. The van der Waals surface area contributed by atoms with Crippen molar-refractivity contribution in [3.05, 3.63) is 30.3 Å². The zero-order valence-electron chi connectivity index (χ0n) is 10.9. The summed E-state index contributed by atoms with van der Waals surface area (Å²) >= 11 is 0. The fourth-order valence-corrected chi connectivity index (χ4v) is 2.34. The van der Waals surface area contributed by atoms with E-state index in [2.05, 4.69) is 4.52 Å². The molecule has 0 aromatic heterocycles. The fraction of sp³-hybridized carbons (Fsp3) is 0.417. The summed E-state index contributed by atoms with van der Waals surface area (Å²) in [6.45, 7) is 3.03. The smallest absolute Gasteiger partial charge is 0.491 e. The van der Waals surface area contributed by atoms with Gasteiger partial charge in [0, 0.05) is 6.92 Å². The highest BCUT2D eigenvalue weighted by Gasteiger charge is 2.29. The van der Waals surface area contributed by atoms with Crippen molar-refractivity contribution in [1.82, 2.24) is 0 Å².